The van der Waals surface area contributed by atoms with Crippen molar-refractivity contribution in [1.29, 1.82) is 5.26 Å². The summed E-state index contributed by atoms with van der Waals surface area (Å²) in [4.78, 5) is 33.2. The first-order valence-electron chi connectivity index (χ1n) is 9.85. The number of nitrogens with one attached hydrogen (secondary N) is 1. The zero-order chi connectivity index (χ0) is 21.3. The lowest BCUT2D eigenvalue weighted by Gasteiger charge is -2.10. The molecule has 1 aromatic carbocycles. The first-order valence-corrected chi connectivity index (χ1v) is 11.1. The molecule has 1 aliphatic carbocycles. The van der Waals surface area contributed by atoms with Gasteiger partial charge in [0.2, 0.25) is 5.78 Å². The number of pyridine rings is 1. The fraction of sp³-hybridized carbons (Fsp3) is 0.304. The molecule has 0 radical (unpaired) electrons. The third kappa shape index (κ3) is 3.71. The summed E-state index contributed by atoms with van der Waals surface area (Å²) in [6.45, 7) is 1.67. The number of para-hydroxylation sites is 1. The summed E-state index contributed by atoms with van der Waals surface area (Å²) in [5.74, 6) is -0.632. The SMILES string of the molecule is CCc1cccc2c(C(=O)COC(=O)c3cc(C4CC4)nc(SC)c3C#N)c[nH]c12. The first-order chi connectivity index (χ1) is 14.6. The number of thioether (sulfide) groups is 1. The van der Waals surface area contributed by atoms with Crippen molar-refractivity contribution in [3.8, 4) is 6.07 Å². The first kappa shape index (κ1) is 20.2. The Labute approximate surface area is 178 Å². The Morgan fingerprint density at radius 2 is 2.13 bits per heavy atom. The number of nitrogens with zero attached hydrogens (tertiary/aromatic N) is 2. The van der Waals surface area contributed by atoms with Crippen molar-refractivity contribution in [2.75, 3.05) is 12.9 Å². The summed E-state index contributed by atoms with van der Waals surface area (Å²) in [5, 5.41) is 10.9. The molecule has 152 valence electrons. The quantitative estimate of drug-likeness (QED) is 0.341. The van der Waals surface area contributed by atoms with Crippen LogP contribution in [0.1, 0.15) is 63.2 Å². The number of ketones is 1. The van der Waals surface area contributed by atoms with Crippen molar-refractivity contribution in [2.24, 2.45) is 0 Å². The van der Waals surface area contributed by atoms with Gasteiger partial charge in [-0.05, 0) is 37.1 Å². The normalized spacial score (nSPS) is 13.2. The fourth-order valence-electron chi connectivity index (χ4n) is 3.57. The Morgan fingerprint density at radius 3 is 2.80 bits per heavy atom. The summed E-state index contributed by atoms with van der Waals surface area (Å²) < 4.78 is 5.33. The molecule has 0 unspecified atom stereocenters. The maximum atomic E-state index is 12.8. The minimum absolute atomic E-state index is 0.179. The van der Waals surface area contributed by atoms with Gasteiger partial charge in [-0.25, -0.2) is 9.78 Å². The van der Waals surface area contributed by atoms with Crippen molar-refractivity contribution in [3.63, 3.8) is 0 Å². The van der Waals surface area contributed by atoms with Gasteiger partial charge in [-0.2, -0.15) is 5.26 Å². The number of rotatable bonds is 7. The van der Waals surface area contributed by atoms with Crippen molar-refractivity contribution in [2.45, 2.75) is 37.1 Å². The molecule has 30 heavy (non-hydrogen) atoms. The van der Waals surface area contributed by atoms with Gasteiger partial charge in [-0.15, -0.1) is 11.8 Å². The summed E-state index contributed by atoms with van der Waals surface area (Å²) >= 11 is 1.33. The van der Waals surface area contributed by atoms with Crippen molar-refractivity contribution in [3.05, 3.63) is 58.4 Å². The number of benzene rings is 1. The molecular weight excluding hydrogens is 398 g/mol. The summed E-state index contributed by atoms with van der Waals surface area (Å²) in [6, 6.07) is 9.51. The number of carbonyl (C=O) groups excluding carboxylic acids is 2. The van der Waals surface area contributed by atoms with Gasteiger partial charge in [0.1, 0.15) is 11.1 Å². The minimum Gasteiger partial charge on any atom is -0.454 e. The number of aromatic amines is 1. The third-order valence-corrected chi connectivity index (χ3v) is 6.03. The number of hydrogen-bond acceptors (Lipinski definition) is 6. The Hall–Kier alpha value is -3.11. The van der Waals surface area contributed by atoms with Crippen LogP contribution in [0.15, 0.2) is 35.5 Å². The van der Waals surface area contributed by atoms with E-state index in [1.807, 2.05) is 24.5 Å². The molecule has 0 spiro atoms. The van der Waals surface area contributed by atoms with Crippen LogP contribution in [-0.2, 0) is 11.2 Å². The van der Waals surface area contributed by atoms with Crippen LogP contribution >= 0.6 is 11.8 Å². The lowest BCUT2D eigenvalue weighted by atomic mass is 10.1. The lowest BCUT2D eigenvalue weighted by Crippen LogP contribution is -2.16. The van der Waals surface area contributed by atoms with Gasteiger partial charge >= 0.3 is 5.97 Å². The average molecular weight is 420 g/mol. The Kier molecular flexibility index (Phi) is 5.60. The van der Waals surface area contributed by atoms with Gasteiger partial charge in [-0.1, -0.05) is 25.1 Å². The van der Waals surface area contributed by atoms with E-state index in [-0.39, 0.29) is 23.5 Å². The molecule has 2 aromatic heterocycles. The number of aromatic nitrogens is 2. The molecule has 0 atom stereocenters. The zero-order valence-corrected chi connectivity index (χ0v) is 17.6. The molecule has 1 fully saturated rings. The highest BCUT2D eigenvalue weighted by Crippen LogP contribution is 2.40. The van der Waals surface area contributed by atoms with Crippen molar-refractivity contribution in [1.82, 2.24) is 9.97 Å². The Balaban J connectivity index is 1.56. The molecule has 1 N–H and O–H groups in total. The molecule has 4 rings (SSSR count). The lowest BCUT2D eigenvalue weighted by molar-refractivity contribution is 0.0474. The van der Waals surface area contributed by atoms with Gasteiger partial charge in [0.25, 0.3) is 0 Å². The van der Waals surface area contributed by atoms with Crippen LogP contribution in [0.2, 0.25) is 0 Å². The molecule has 7 heteroatoms. The number of carbonyl (C=O) groups is 2. The molecule has 0 bridgehead atoms. The molecule has 1 saturated carbocycles. The highest BCUT2D eigenvalue weighted by atomic mass is 32.2. The standard InChI is InChI=1S/C23H21N3O3S/c1-3-13-5-4-6-15-18(11-25-21(13)15)20(27)12-29-23(28)16-9-19(14-7-8-14)26-22(30-2)17(16)10-24/h4-6,9,11,14,25H,3,7-8,12H2,1-2H3. The van der Waals surface area contributed by atoms with E-state index < -0.39 is 5.97 Å². The molecule has 3 aromatic rings. The predicted octanol–water partition coefficient (Wildman–Crippen LogP) is 4.64. The van der Waals surface area contributed by atoms with Crippen LogP contribution in [0.5, 0.6) is 0 Å². The fourth-order valence-corrected chi connectivity index (χ4v) is 4.13. The summed E-state index contributed by atoms with van der Waals surface area (Å²) in [5.41, 5.74) is 3.72. The molecule has 0 amide bonds. The second kappa shape index (κ2) is 8.33. The predicted molar refractivity (Wildman–Crippen MR) is 115 cm³/mol. The number of Topliss-reactive ketones (excluding diaryl/α,β-unsaturated/α-hetero) is 1. The van der Waals surface area contributed by atoms with E-state index in [0.29, 0.717) is 16.5 Å². The topological polar surface area (TPSA) is 95.8 Å². The summed E-state index contributed by atoms with van der Waals surface area (Å²) in [7, 11) is 0. The Morgan fingerprint density at radius 1 is 1.33 bits per heavy atom. The Bertz CT molecular complexity index is 1190. The molecule has 2 heterocycles. The highest BCUT2D eigenvalue weighted by molar-refractivity contribution is 7.98. The summed E-state index contributed by atoms with van der Waals surface area (Å²) in [6.07, 6.45) is 6.38. The third-order valence-electron chi connectivity index (χ3n) is 5.34. The molecule has 6 nitrogen and oxygen atoms in total. The van der Waals surface area contributed by atoms with Crippen LogP contribution in [0, 0.1) is 11.3 Å². The van der Waals surface area contributed by atoms with E-state index in [1.165, 1.54) is 11.8 Å². The highest BCUT2D eigenvalue weighted by Gasteiger charge is 2.29. The maximum absolute atomic E-state index is 12.8. The maximum Gasteiger partial charge on any atom is 0.340 e. The average Bonchev–Trinajstić information content (AvgIpc) is 3.54. The van der Waals surface area contributed by atoms with Gasteiger partial charge in [-0.3, -0.25) is 4.79 Å². The van der Waals surface area contributed by atoms with Crippen LogP contribution in [-0.4, -0.2) is 34.6 Å². The van der Waals surface area contributed by atoms with Gasteiger partial charge in [0.15, 0.2) is 6.61 Å². The van der Waals surface area contributed by atoms with E-state index >= 15 is 0 Å². The van der Waals surface area contributed by atoms with Crippen molar-refractivity contribution < 1.29 is 14.3 Å². The van der Waals surface area contributed by atoms with Crippen LogP contribution in [0.3, 0.4) is 0 Å². The van der Waals surface area contributed by atoms with E-state index in [1.54, 1.807) is 12.3 Å². The molecule has 0 saturated heterocycles. The van der Waals surface area contributed by atoms with E-state index in [9.17, 15) is 14.9 Å². The van der Waals surface area contributed by atoms with Crippen LogP contribution < -0.4 is 0 Å². The number of ether oxygens (including phenoxy) is 1. The second-order valence-electron chi connectivity index (χ2n) is 7.26. The smallest absolute Gasteiger partial charge is 0.340 e. The zero-order valence-electron chi connectivity index (χ0n) is 16.8. The number of fused-ring (bicyclic) bond motifs is 1. The van der Waals surface area contributed by atoms with E-state index in [0.717, 1.165) is 41.4 Å². The number of nitriles is 1. The number of esters is 1. The largest absolute Gasteiger partial charge is 0.454 e. The van der Waals surface area contributed by atoms with Crippen LogP contribution in [0.25, 0.3) is 10.9 Å². The minimum atomic E-state index is -0.673. The van der Waals surface area contributed by atoms with E-state index in [4.69, 9.17) is 4.74 Å². The second-order valence-corrected chi connectivity index (χ2v) is 8.05. The van der Waals surface area contributed by atoms with Gasteiger partial charge in [0.05, 0.1) is 11.1 Å². The number of hydrogen-bond donors (Lipinski definition) is 1. The molecule has 0 aliphatic heterocycles. The van der Waals surface area contributed by atoms with Crippen LogP contribution in [0.4, 0.5) is 0 Å². The van der Waals surface area contributed by atoms with Gasteiger partial charge < -0.3 is 9.72 Å². The monoisotopic (exact) mass is 419 g/mol. The molecule has 1 aliphatic rings. The van der Waals surface area contributed by atoms with Gasteiger partial charge in [0, 0.05) is 34.3 Å². The van der Waals surface area contributed by atoms with E-state index in [2.05, 4.69) is 23.0 Å². The number of H-pyrrole nitrogens is 1. The molecular formula is C23H21N3O3S. The van der Waals surface area contributed by atoms with Crippen molar-refractivity contribution >= 4 is 34.4 Å². The number of aryl methyl sites for hydroxylation is 1.